The van der Waals surface area contributed by atoms with Crippen LogP contribution in [0.2, 0.25) is 0 Å². The van der Waals surface area contributed by atoms with E-state index in [1.165, 1.54) is 96.3 Å². The molecule has 0 bridgehead atoms. The fourth-order valence-corrected chi connectivity index (χ4v) is 7.59. The lowest BCUT2D eigenvalue weighted by molar-refractivity contribution is -0.167. The summed E-state index contributed by atoms with van der Waals surface area (Å²) in [5.41, 5.74) is 0. The molecule has 0 heterocycles. The highest BCUT2D eigenvalue weighted by molar-refractivity contribution is 5.71. The van der Waals surface area contributed by atoms with Crippen LogP contribution >= 0.6 is 0 Å². The molecule has 0 saturated carbocycles. The van der Waals surface area contributed by atoms with Gasteiger partial charge in [-0.05, 0) is 103 Å². The van der Waals surface area contributed by atoms with E-state index in [1.54, 1.807) is 0 Å². The number of carbonyl (C=O) groups is 3. The highest BCUT2D eigenvalue weighted by Gasteiger charge is 2.19. The van der Waals surface area contributed by atoms with Crippen molar-refractivity contribution < 1.29 is 28.6 Å². The third-order valence-electron chi connectivity index (χ3n) is 11.8. The predicted octanol–water partition coefficient (Wildman–Crippen LogP) is 18.9. The molecule has 1 unspecified atom stereocenters. The zero-order chi connectivity index (χ0) is 49.3. The molecule has 1 atom stereocenters. The standard InChI is InChI=1S/C62H104O6/c1-4-7-10-13-16-19-22-25-27-29-31-33-35-37-40-43-46-49-52-55-61(64)67-58-59(57-66-60(63)54-51-48-45-42-39-24-21-18-15-12-9-6-3)68-62(65)56-53-50-47-44-41-38-36-34-32-30-28-26-23-20-17-14-11-8-5-2/h7,10,16-17,19-20,25-28,31-34,37,40,59H,4-6,8-9,11-15,18,21-24,29-30,35-36,38-39,41-58H2,1-3H3/b10-7-,19-16-,20-17-,27-25-,28-26-,33-31-,34-32-,40-37-. The number of esters is 3. The van der Waals surface area contributed by atoms with Crippen LogP contribution in [-0.4, -0.2) is 37.2 Å². The Morgan fingerprint density at radius 1 is 0.309 bits per heavy atom. The SMILES string of the molecule is CC/C=C\C/C=C\C/C=C\C/C=C\C/C=C\CCCCCC(=O)OCC(COC(=O)CCCCCCCCCCCCCC)OC(=O)CCCCCCCC/C=C\C/C=C\C/C=C\CCCCC. The number of hydrogen-bond donors (Lipinski definition) is 0. The molecule has 6 heteroatoms. The number of rotatable bonds is 50. The second-order valence-electron chi connectivity index (χ2n) is 18.5. The Morgan fingerprint density at radius 2 is 0.574 bits per heavy atom. The van der Waals surface area contributed by atoms with Crippen LogP contribution in [0, 0.1) is 0 Å². The van der Waals surface area contributed by atoms with Crippen molar-refractivity contribution in [1.29, 1.82) is 0 Å². The molecule has 0 aromatic carbocycles. The Morgan fingerprint density at radius 3 is 0.941 bits per heavy atom. The van der Waals surface area contributed by atoms with Gasteiger partial charge in [0, 0.05) is 19.3 Å². The maximum atomic E-state index is 12.8. The summed E-state index contributed by atoms with van der Waals surface area (Å²) in [6.07, 6.45) is 73.9. The molecular formula is C62H104O6. The molecule has 0 aliphatic rings. The molecule has 388 valence electrons. The Balaban J connectivity index is 4.46. The van der Waals surface area contributed by atoms with E-state index in [2.05, 4.69) is 118 Å². The van der Waals surface area contributed by atoms with Crippen LogP contribution in [0.3, 0.4) is 0 Å². The van der Waals surface area contributed by atoms with E-state index in [4.69, 9.17) is 14.2 Å². The van der Waals surface area contributed by atoms with E-state index in [-0.39, 0.29) is 31.1 Å². The lowest BCUT2D eigenvalue weighted by Crippen LogP contribution is -2.30. The van der Waals surface area contributed by atoms with Gasteiger partial charge in [0.15, 0.2) is 6.10 Å². The van der Waals surface area contributed by atoms with Crippen molar-refractivity contribution in [2.45, 2.75) is 264 Å². The molecule has 68 heavy (non-hydrogen) atoms. The summed E-state index contributed by atoms with van der Waals surface area (Å²) in [6.45, 7) is 6.46. The fourth-order valence-electron chi connectivity index (χ4n) is 7.59. The monoisotopic (exact) mass is 945 g/mol. The summed E-state index contributed by atoms with van der Waals surface area (Å²) in [4.78, 5) is 38.1. The van der Waals surface area contributed by atoms with Crippen molar-refractivity contribution in [2.24, 2.45) is 0 Å². The lowest BCUT2D eigenvalue weighted by atomic mass is 10.0. The molecule has 0 amide bonds. The Labute approximate surface area is 419 Å². The molecule has 0 fully saturated rings. The van der Waals surface area contributed by atoms with Gasteiger partial charge in [-0.15, -0.1) is 0 Å². The first-order valence-corrected chi connectivity index (χ1v) is 28.2. The summed E-state index contributed by atoms with van der Waals surface area (Å²) in [6, 6.07) is 0. The fraction of sp³-hybridized carbons (Fsp3) is 0.694. The second kappa shape index (κ2) is 55.9. The van der Waals surface area contributed by atoms with Gasteiger partial charge in [-0.1, -0.05) is 234 Å². The zero-order valence-electron chi connectivity index (χ0n) is 44.3. The topological polar surface area (TPSA) is 78.9 Å². The van der Waals surface area contributed by atoms with Crippen molar-refractivity contribution in [3.8, 4) is 0 Å². The first-order chi connectivity index (χ1) is 33.5. The minimum absolute atomic E-state index is 0.0926. The number of unbranched alkanes of at least 4 members (excludes halogenated alkanes) is 23. The second-order valence-corrected chi connectivity index (χ2v) is 18.5. The highest BCUT2D eigenvalue weighted by atomic mass is 16.6. The number of carbonyl (C=O) groups excluding carboxylic acids is 3. The van der Waals surface area contributed by atoms with E-state index in [0.29, 0.717) is 19.3 Å². The van der Waals surface area contributed by atoms with Gasteiger partial charge in [-0.3, -0.25) is 14.4 Å². The van der Waals surface area contributed by atoms with Gasteiger partial charge >= 0.3 is 17.9 Å². The van der Waals surface area contributed by atoms with E-state index >= 15 is 0 Å². The van der Waals surface area contributed by atoms with Gasteiger partial charge in [-0.2, -0.15) is 0 Å². The molecule has 0 rings (SSSR count). The van der Waals surface area contributed by atoms with Crippen LogP contribution in [0.4, 0.5) is 0 Å². The lowest BCUT2D eigenvalue weighted by Gasteiger charge is -2.18. The van der Waals surface area contributed by atoms with Crippen molar-refractivity contribution in [3.05, 3.63) is 97.2 Å². The Bertz CT molecular complexity index is 1360. The normalized spacial score (nSPS) is 12.8. The molecular weight excluding hydrogens is 841 g/mol. The largest absolute Gasteiger partial charge is 0.462 e. The third-order valence-corrected chi connectivity index (χ3v) is 11.8. The van der Waals surface area contributed by atoms with Crippen LogP contribution in [0.15, 0.2) is 97.2 Å². The minimum Gasteiger partial charge on any atom is -0.462 e. The maximum Gasteiger partial charge on any atom is 0.306 e. The van der Waals surface area contributed by atoms with Crippen LogP contribution in [0.25, 0.3) is 0 Å². The average Bonchev–Trinajstić information content (AvgIpc) is 3.34. The van der Waals surface area contributed by atoms with E-state index in [1.807, 2.05) is 0 Å². The van der Waals surface area contributed by atoms with Crippen LogP contribution in [0.5, 0.6) is 0 Å². The molecule has 0 N–H and O–H groups in total. The van der Waals surface area contributed by atoms with Crippen molar-refractivity contribution in [1.82, 2.24) is 0 Å². The third kappa shape index (κ3) is 53.3. The number of hydrogen-bond acceptors (Lipinski definition) is 6. The van der Waals surface area contributed by atoms with Crippen LogP contribution in [0.1, 0.15) is 258 Å². The summed E-state index contributed by atoms with van der Waals surface area (Å²) < 4.78 is 16.8. The maximum absolute atomic E-state index is 12.8. The van der Waals surface area contributed by atoms with Gasteiger partial charge in [0.1, 0.15) is 13.2 Å². The van der Waals surface area contributed by atoms with Gasteiger partial charge in [0.05, 0.1) is 0 Å². The van der Waals surface area contributed by atoms with Crippen LogP contribution in [-0.2, 0) is 28.6 Å². The van der Waals surface area contributed by atoms with E-state index in [9.17, 15) is 14.4 Å². The quantitative estimate of drug-likeness (QED) is 0.0262. The van der Waals surface area contributed by atoms with Crippen molar-refractivity contribution in [2.75, 3.05) is 13.2 Å². The molecule has 0 aromatic rings. The van der Waals surface area contributed by atoms with E-state index in [0.717, 1.165) is 122 Å². The van der Waals surface area contributed by atoms with Crippen molar-refractivity contribution in [3.63, 3.8) is 0 Å². The van der Waals surface area contributed by atoms with Gasteiger partial charge in [-0.25, -0.2) is 0 Å². The predicted molar refractivity (Wildman–Crippen MR) is 293 cm³/mol. The minimum atomic E-state index is -0.798. The van der Waals surface area contributed by atoms with Gasteiger partial charge in [0.25, 0.3) is 0 Å². The molecule has 0 spiro atoms. The summed E-state index contributed by atoms with van der Waals surface area (Å²) in [5, 5.41) is 0. The Kier molecular flexibility index (Phi) is 52.9. The molecule has 0 aromatic heterocycles. The number of allylic oxidation sites excluding steroid dienone is 16. The molecule has 0 radical (unpaired) electrons. The summed E-state index contributed by atoms with van der Waals surface area (Å²) in [7, 11) is 0. The molecule has 0 aliphatic heterocycles. The van der Waals surface area contributed by atoms with Crippen molar-refractivity contribution >= 4 is 17.9 Å². The first kappa shape index (κ1) is 64.3. The molecule has 0 saturated heterocycles. The zero-order valence-corrected chi connectivity index (χ0v) is 44.3. The smallest absolute Gasteiger partial charge is 0.306 e. The summed E-state index contributed by atoms with van der Waals surface area (Å²) >= 11 is 0. The van der Waals surface area contributed by atoms with Gasteiger partial charge < -0.3 is 14.2 Å². The highest BCUT2D eigenvalue weighted by Crippen LogP contribution is 2.15. The summed E-state index contributed by atoms with van der Waals surface area (Å²) in [5.74, 6) is -0.937. The number of ether oxygens (including phenoxy) is 3. The van der Waals surface area contributed by atoms with E-state index < -0.39 is 6.10 Å². The average molecular weight is 946 g/mol. The van der Waals surface area contributed by atoms with Crippen LogP contribution < -0.4 is 0 Å². The Hall–Kier alpha value is -3.67. The first-order valence-electron chi connectivity index (χ1n) is 28.2. The molecule has 6 nitrogen and oxygen atoms in total. The molecule has 0 aliphatic carbocycles. The van der Waals surface area contributed by atoms with Gasteiger partial charge in [0.2, 0.25) is 0 Å².